The molecule has 1 aromatic rings. The molecule has 1 heterocycles. The largest absolute Gasteiger partial charge is 0.309 e. The van der Waals surface area contributed by atoms with Gasteiger partial charge in [0, 0.05) is 0 Å². The zero-order chi connectivity index (χ0) is 9.40. The molecule has 0 N–H and O–H groups in total. The van der Waals surface area contributed by atoms with Crippen LogP contribution in [0.5, 0.6) is 0 Å². The number of aromatic nitrogens is 3. The second-order valence-electron chi connectivity index (χ2n) is 1.55. The van der Waals surface area contributed by atoms with Gasteiger partial charge in [0.25, 0.3) is 0 Å². The number of nitrogens with zero attached hydrogens (tertiary/aromatic N) is 3. The molecule has 0 aromatic carbocycles. The molecule has 0 spiro atoms. The number of carbonyl (C=O) groups excluding carboxylic acids is 1. The molecule has 0 radical (unpaired) electrons. The van der Waals surface area contributed by atoms with Gasteiger partial charge < -0.3 is 0 Å². The van der Waals surface area contributed by atoms with Crippen molar-refractivity contribution in [1.82, 2.24) is 14.8 Å². The lowest BCUT2D eigenvalue weighted by Gasteiger charge is -1.85. The van der Waals surface area contributed by atoms with Crippen LogP contribution in [0.2, 0.25) is 0 Å². The molecule has 4 heteroatoms. The highest BCUT2D eigenvalue weighted by Gasteiger charge is 1.96. The summed E-state index contributed by atoms with van der Waals surface area (Å²) in [5.74, 6) is 4.51. The fourth-order valence-electron chi connectivity index (χ4n) is 0.477. The maximum absolute atomic E-state index is 10.8. The van der Waals surface area contributed by atoms with E-state index < -0.39 is 0 Å². The number of carbonyl (C=O) groups is 1. The normalized spacial score (nSPS) is 7.25. The summed E-state index contributed by atoms with van der Waals surface area (Å²) in [5, 5.41) is 6.90. The van der Waals surface area contributed by atoms with Crippen LogP contribution in [0.1, 0.15) is 25.6 Å². The zero-order valence-electron chi connectivity index (χ0n) is 7.40. The standard InChI is InChI=1S/C6H5N3O.C2H6/c1-2-3-6(10)9-4-7-8-5-9;1-2/h4-5H,1H3;1-2H3. The van der Waals surface area contributed by atoms with Crippen molar-refractivity contribution in [2.75, 3.05) is 0 Å². The first-order valence-corrected chi connectivity index (χ1v) is 3.66. The Labute approximate surface area is 71.6 Å². The number of hydrogen-bond donors (Lipinski definition) is 0. The lowest BCUT2D eigenvalue weighted by molar-refractivity contribution is 0.0979. The van der Waals surface area contributed by atoms with E-state index in [1.165, 1.54) is 17.2 Å². The molecule has 64 valence electrons. The van der Waals surface area contributed by atoms with E-state index in [1.807, 2.05) is 13.8 Å². The molecular weight excluding hydrogens is 154 g/mol. The molecular formula is C8H11N3O. The Balaban J connectivity index is 0.000000561. The first kappa shape index (κ1) is 10.4. The Morgan fingerprint density at radius 2 is 1.83 bits per heavy atom. The third kappa shape index (κ3) is 2.97. The summed E-state index contributed by atoms with van der Waals surface area (Å²) in [7, 11) is 0. The van der Waals surface area contributed by atoms with Crippen molar-refractivity contribution in [3.8, 4) is 11.8 Å². The summed E-state index contributed by atoms with van der Waals surface area (Å²) >= 11 is 0. The molecule has 0 aliphatic carbocycles. The van der Waals surface area contributed by atoms with Crippen molar-refractivity contribution in [3.63, 3.8) is 0 Å². The molecule has 0 aliphatic heterocycles. The quantitative estimate of drug-likeness (QED) is 0.538. The third-order valence-electron chi connectivity index (χ3n) is 0.885. The highest BCUT2D eigenvalue weighted by Crippen LogP contribution is 1.79. The van der Waals surface area contributed by atoms with Crippen LogP contribution < -0.4 is 0 Å². The predicted octanol–water partition coefficient (Wildman–Crippen LogP) is 0.968. The molecule has 0 aliphatic rings. The molecule has 0 unspecified atom stereocenters. The van der Waals surface area contributed by atoms with Crippen molar-refractivity contribution in [2.45, 2.75) is 20.8 Å². The molecule has 0 fully saturated rings. The van der Waals surface area contributed by atoms with Gasteiger partial charge in [0.1, 0.15) is 12.7 Å². The van der Waals surface area contributed by atoms with Crippen LogP contribution in [-0.2, 0) is 0 Å². The van der Waals surface area contributed by atoms with Crippen LogP contribution in [0.25, 0.3) is 0 Å². The highest BCUT2D eigenvalue weighted by atomic mass is 16.1. The second kappa shape index (κ2) is 6.10. The molecule has 4 nitrogen and oxygen atoms in total. The van der Waals surface area contributed by atoms with E-state index in [4.69, 9.17) is 0 Å². The molecule has 12 heavy (non-hydrogen) atoms. The SMILES string of the molecule is CC.CC#CC(=O)n1cnnc1. The van der Waals surface area contributed by atoms with Crippen LogP contribution >= 0.6 is 0 Å². The smallest absolute Gasteiger partial charge is 0.258 e. The average Bonchev–Trinajstić information content (AvgIpc) is 2.60. The Kier molecular flexibility index (Phi) is 5.28. The van der Waals surface area contributed by atoms with Gasteiger partial charge in [-0.05, 0) is 12.8 Å². The zero-order valence-corrected chi connectivity index (χ0v) is 7.40. The van der Waals surface area contributed by atoms with Crippen molar-refractivity contribution >= 4 is 5.91 Å². The van der Waals surface area contributed by atoms with Gasteiger partial charge in [-0.1, -0.05) is 19.8 Å². The summed E-state index contributed by atoms with van der Waals surface area (Å²) < 4.78 is 1.22. The van der Waals surface area contributed by atoms with E-state index in [1.54, 1.807) is 6.92 Å². The molecule has 0 saturated heterocycles. The first-order valence-electron chi connectivity index (χ1n) is 3.66. The Hall–Kier alpha value is -1.63. The average molecular weight is 165 g/mol. The van der Waals surface area contributed by atoms with E-state index in [2.05, 4.69) is 22.0 Å². The summed E-state index contributed by atoms with van der Waals surface area (Å²) in [6.45, 7) is 5.60. The van der Waals surface area contributed by atoms with E-state index in [0.29, 0.717) is 0 Å². The lowest BCUT2D eigenvalue weighted by Crippen LogP contribution is -2.04. The van der Waals surface area contributed by atoms with Gasteiger partial charge in [0.15, 0.2) is 0 Å². The van der Waals surface area contributed by atoms with E-state index in [-0.39, 0.29) is 5.91 Å². The minimum absolute atomic E-state index is 0.312. The maximum atomic E-state index is 10.8. The van der Waals surface area contributed by atoms with Gasteiger partial charge in [-0.25, -0.2) is 4.57 Å². The fourth-order valence-corrected chi connectivity index (χ4v) is 0.477. The van der Waals surface area contributed by atoms with Crippen LogP contribution in [0, 0.1) is 11.8 Å². The summed E-state index contributed by atoms with van der Waals surface area (Å²) in [5.41, 5.74) is 0. The van der Waals surface area contributed by atoms with Crippen LogP contribution in [0.15, 0.2) is 12.7 Å². The molecule has 0 saturated carbocycles. The summed E-state index contributed by atoms with van der Waals surface area (Å²) in [6.07, 6.45) is 2.62. The van der Waals surface area contributed by atoms with E-state index in [9.17, 15) is 4.79 Å². The second-order valence-corrected chi connectivity index (χ2v) is 1.55. The summed E-state index contributed by atoms with van der Waals surface area (Å²) in [4.78, 5) is 10.8. The van der Waals surface area contributed by atoms with Crippen LogP contribution in [0.3, 0.4) is 0 Å². The molecule has 1 rings (SSSR count). The highest BCUT2D eigenvalue weighted by molar-refractivity contribution is 5.95. The van der Waals surface area contributed by atoms with Crippen molar-refractivity contribution < 1.29 is 4.79 Å². The maximum Gasteiger partial charge on any atom is 0.309 e. The Morgan fingerprint density at radius 1 is 1.33 bits per heavy atom. The molecule has 1 aromatic heterocycles. The minimum Gasteiger partial charge on any atom is -0.258 e. The predicted molar refractivity (Wildman–Crippen MR) is 45.4 cm³/mol. The third-order valence-corrected chi connectivity index (χ3v) is 0.885. The van der Waals surface area contributed by atoms with Crippen LogP contribution in [0.4, 0.5) is 0 Å². The minimum atomic E-state index is -0.312. The van der Waals surface area contributed by atoms with E-state index >= 15 is 0 Å². The van der Waals surface area contributed by atoms with Gasteiger partial charge in [-0.15, -0.1) is 10.2 Å². The fraction of sp³-hybridized carbons (Fsp3) is 0.375. The Bertz CT molecular complexity index is 279. The molecule has 0 atom stereocenters. The molecule has 0 bridgehead atoms. The van der Waals surface area contributed by atoms with Gasteiger partial charge in [-0.2, -0.15) is 0 Å². The monoisotopic (exact) mass is 165 g/mol. The van der Waals surface area contributed by atoms with Gasteiger partial charge in [-0.3, -0.25) is 4.79 Å². The number of hydrogen-bond acceptors (Lipinski definition) is 3. The topological polar surface area (TPSA) is 47.8 Å². The molecule has 0 amide bonds. The van der Waals surface area contributed by atoms with Gasteiger partial charge in [0.05, 0.1) is 0 Å². The Morgan fingerprint density at radius 3 is 2.25 bits per heavy atom. The van der Waals surface area contributed by atoms with E-state index in [0.717, 1.165) is 0 Å². The first-order chi connectivity index (χ1) is 5.84. The van der Waals surface area contributed by atoms with Gasteiger partial charge in [0.2, 0.25) is 0 Å². The van der Waals surface area contributed by atoms with Crippen molar-refractivity contribution in [1.29, 1.82) is 0 Å². The van der Waals surface area contributed by atoms with Gasteiger partial charge >= 0.3 is 5.91 Å². The van der Waals surface area contributed by atoms with Crippen LogP contribution in [-0.4, -0.2) is 20.7 Å². The van der Waals surface area contributed by atoms with Crippen molar-refractivity contribution in [2.24, 2.45) is 0 Å². The number of rotatable bonds is 0. The lowest BCUT2D eigenvalue weighted by atomic mass is 10.5. The summed E-state index contributed by atoms with van der Waals surface area (Å²) in [6, 6.07) is 0. The van der Waals surface area contributed by atoms with Crippen molar-refractivity contribution in [3.05, 3.63) is 12.7 Å².